The van der Waals surface area contributed by atoms with Gasteiger partial charge in [-0.3, -0.25) is 4.79 Å². The Hall–Kier alpha value is -2.86. The average Bonchev–Trinajstić information content (AvgIpc) is 3.25. The molecule has 1 fully saturated rings. The minimum absolute atomic E-state index is 0.00845. The van der Waals surface area contributed by atoms with Gasteiger partial charge in [0.25, 0.3) is 5.91 Å². The van der Waals surface area contributed by atoms with Gasteiger partial charge in [-0.15, -0.1) is 6.58 Å². The number of carbonyl (C=O) groups is 1. The van der Waals surface area contributed by atoms with Crippen LogP contribution in [0.4, 0.5) is 5.69 Å². The van der Waals surface area contributed by atoms with Gasteiger partial charge in [-0.25, -0.2) is 21.6 Å². The topological polar surface area (TPSA) is 130 Å². The van der Waals surface area contributed by atoms with E-state index in [1.807, 2.05) is 25.1 Å². The van der Waals surface area contributed by atoms with Crippen LogP contribution in [-0.4, -0.2) is 70.4 Å². The lowest BCUT2D eigenvalue weighted by atomic mass is 9.68. The lowest BCUT2D eigenvalue weighted by Gasteiger charge is -2.45. The Morgan fingerprint density at radius 3 is 2.62 bits per heavy atom. The number of ether oxygens (including phenoxy) is 1. The van der Waals surface area contributed by atoms with Crippen LogP contribution in [0.25, 0.3) is 0 Å². The van der Waals surface area contributed by atoms with Crippen LogP contribution in [0.2, 0.25) is 5.02 Å². The number of anilines is 1. The van der Waals surface area contributed by atoms with Gasteiger partial charge in [0.15, 0.2) is 0 Å². The summed E-state index contributed by atoms with van der Waals surface area (Å²) in [6.45, 7) is 9.42. The molecule has 1 aliphatic heterocycles. The first kappa shape index (κ1) is 41.3. The molecule has 2 aromatic rings. The highest BCUT2D eigenvalue weighted by Gasteiger charge is 2.44. The largest absolute Gasteiger partial charge is 0.490 e. The van der Waals surface area contributed by atoms with E-state index >= 15 is 0 Å². The molecule has 0 aromatic heterocycles. The molecule has 1 saturated carbocycles. The number of carbonyl (C=O) groups excluding carboxylic acids is 1. The second-order valence-corrected chi connectivity index (χ2v) is 20.0. The van der Waals surface area contributed by atoms with Gasteiger partial charge in [-0.1, -0.05) is 62.6 Å². The minimum atomic E-state index is -4.23. The number of halogens is 1. The Bertz CT molecular complexity index is 1850. The lowest BCUT2D eigenvalue weighted by molar-refractivity contribution is 0.0456. The molecule has 0 radical (unpaired) electrons. The Kier molecular flexibility index (Phi) is 14.2. The number of nitrogens with zero attached hydrogens (tertiary/aromatic N) is 1. The zero-order valence-corrected chi connectivity index (χ0v) is 33.7. The maximum atomic E-state index is 13.8. The highest BCUT2D eigenvalue weighted by Crippen LogP contribution is 2.46. The molecule has 0 unspecified atom stereocenters. The number of aliphatic hydroxyl groups excluding tert-OH is 1. The fourth-order valence-corrected chi connectivity index (χ4v) is 11.5. The molecule has 1 heterocycles. The third kappa shape index (κ3) is 10.3. The van der Waals surface area contributed by atoms with Crippen molar-refractivity contribution in [2.75, 3.05) is 36.1 Å². The molecular formula is C41H57ClN2O7S2. The van der Waals surface area contributed by atoms with E-state index in [0.29, 0.717) is 49.0 Å². The number of aliphatic hydroxyl groups is 1. The van der Waals surface area contributed by atoms with E-state index < -0.39 is 37.1 Å². The van der Waals surface area contributed by atoms with Crippen LogP contribution in [0, 0.1) is 11.8 Å². The highest BCUT2D eigenvalue weighted by atomic mass is 35.5. The zero-order chi connectivity index (χ0) is 38.2. The highest BCUT2D eigenvalue weighted by molar-refractivity contribution is 7.92. The second-order valence-electron chi connectivity index (χ2n) is 15.3. The first-order valence-electron chi connectivity index (χ1n) is 19.3. The third-order valence-corrected chi connectivity index (χ3v) is 15.2. The molecule has 0 saturated heterocycles. The summed E-state index contributed by atoms with van der Waals surface area (Å²) in [6, 6.07) is 11.1. The Balaban J connectivity index is 1.43. The maximum Gasteiger partial charge on any atom is 0.264 e. The quantitative estimate of drug-likeness (QED) is 0.148. The van der Waals surface area contributed by atoms with Crippen molar-refractivity contribution in [2.24, 2.45) is 11.8 Å². The molecule has 9 nitrogen and oxygen atoms in total. The van der Waals surface area contributed by atoms with Gasteiger partial charge >= 0.3 is 0 Å². The number of sulfonamides is 1. The van der Waals surface area contributed by atoms with Crippen LogP contribution < -0.4 is 14.4 Å². The molecule has 2 aromatic carbocycles. The number of allylic oxidation sites excluding steroid dienone is 2. The van der Waals surface area contributed by atoms with Gasteiger partial charge in [0, 0.05) is 29.1 Å². The SMILES string of the molecule is C=CCC[C@@H](CCS(=O)(=O)CCCC)S(=O)(=O)NC(=O)c1ccc2c(c1)N(C[C@@H]1CC[C@H]1[C@@H](O)/C=C/CCC)C[C@@]1(CCCc3cc(Cl)ccc31)CO2. The summed E-state index contributed by atoms with van der Waals surface area (Å²) in [5.74, 6) is -0.0994. The lowest BCUT2D eigenvalue weighted by Crippen LogP contribution is -2.49. The van der Waals surface area contributed by atoms with E-state index in [-0.39, 0.29) is 47.2 Å². The number of rotatable bonds is 18. The zero-order valence-electron chi connectivity index (χ0n) is 31.3. The molecule has 3 aliphatic rings. The Morgan fingerprint density at radius 2 is 1.91 bits per heavy atom. The van der Waals surface area contributed by atoms with Crippen molar-refractivity contribution in [3.05, 3.63) is 82.9 Å². The number of hydrogen-bond acceptors (Lipinski definition) is 8. The molecule has 1 amide bonds. The number of amides is 1. The summed E-state index contributed by atoms with van der Waals surface area (Å²) < 4.78 is 61.4. The van der Waals surface area contributed by atoms with Crippen molar-refractivity contribution < 1.29 is 31.5 Å². The van der Waals surface area contributed by atoms with Gasteiger partial charge in [-0.2, -0.15) is 0 Å². The average molecular weight is 790 g/mol. The van der Waals surface area contributed by atoms with Crippen LogP contribution in [-0.2, 0) is 31.7 Å². The van der Waals surface area contributed by atoms with E-state index in [1.165, 1.54) is 11.1 Å². The van der Waals surface area contributed by atoms with Gasteiger partial charge in [0.1, 0.15) is 15.6 Å². The van der Waals surface area contributed by atoms with Crippen molar-refractivity contribution in [3.63, 3.8) is 0 Å². The normalized spacial score (nSPS) is 22.6. The molecule has 5 rings (SSSR count). The van der Waals surface area contributed by atoms with E-state index in [2.05, 4.69) is 35.3 Å². The number of fused-ring (bicyclic) bond motifs is 3. The number of benzene rings is 2. The number of nitrogens with one attached hydrogen (secondary N) is 1. The van der Waals surface area contributed by atoms with Crippen LogP contribution in [0.1, 0.15) is 106 Å². The first-order chi connectivity index (χ1) is 25.3. The van der Waals surface area contributed by atoms with Crippen LogP contribution in [0.15, 0.2) is 61.2 Å². The molecule has 292 valence electrons. The number of unbranched alkanes of at least 4 members (excludes halogenated alkanes) is 2. The first-order valence-corrected chi connectivity index (χ1v) is 23.1. The Labute approximate surface area is 322 Å². The Morgan fingerprint density at radius 1 is 1.09 bits per heavy atom. The fourth-order valence-electron chi connectivity index (χ4n) is 8.16. The van der Waals surface area contributed by atoms with Crippen LogP contribution >= 0.6 is 11.6 Å². The molecule has 53 heavy (non-hydrogen) atoms. The molecule has 0 bridgehead atoms. The summed E-state index contributed by atoms with van der Waals surface area (Å²) in [5.41, 5.74) is 2.96. The van der Waals surface area contributed by atoms with E-state index in [4.69, 9.17) is 16.3 Å². The van der Waals surface area contributed by atoms with Crippen molar-refractivity contribution in [2.45, 2.75) is 108 Å². The number of aryl methyl sites for hydroxylation is 1. The molecule has 5 atom stereocenters. The van der Waals surface area contributed by atoms with Crippen molar-refractivity contribution in [1.82, 2.24) is 4.72 Å². The van der Waals surface area contributed by atoms with Gasteiger partial charge < -0.3 is 14.7 Å². The maximum absolute atomic E-state index is 13.8. The predicted octanol–water partition coefficient (Wildman–Crippen LogP) is 7.56. The second kappa shape index (κ2) is 18.2. The van der Waals surface area contributed by atoms with Crippen molar-refractivity contribution >= 4 is 43.1 Å². The number of sulfone groups is 1. The van der Waals surface area contributed by atoms with Gasteiger partial charge in [0.2, 0.25) is 10.0 Å². The van der Waals surface area contributed by atoms with E-state index in [0.717, 1.165) is 51.4 Å². The molecular weight excluding hydrogens is 732 g/mol. The van der Waals surface area contributed by atoms with E-state index in [9.17, 15) is 26.7 Å². The molecule has 2 aliphatic carbocycles. The monoisotopic (exact) mass is 788 g/mol. The van der Waals surface area contributed by atoms with Crippen LogP contribution in [0.5, 0.6) is 5.75 Å². The summed E-state index contributed by atoms with van der Waals surface area (Å²) in [7, 11) is -7.66. The van der Waals surface area contributed by atoms with Crippen LogP contribution in [0.3, 0.4) is 0 Å². The van der Waals surface area contributed by atoms with Crippen molar-refractivity contribution in [1.29, 1.82) is 0 Å². The molecule has 1 spiro atoms. The molecule has 12 heteroatoms. The van der Waals surface area contributed by atoms with Gasteiger partial charge in [0.05, 0.1) is 35.2 Å². The summed E-state index contributed by atoms with van der Waals surface area (Å²) in [6.07, 6.45) is 13.3. The number of hydrogen-bond donors (Lipinski definition) is 2. The predicted molar refractivity (Wildman–Crippen MR) is 214 cm³/mol. The van der Waals surface area contributed by atoms with E-state index in [1.54, 1.807) is 24.3 Å². The smallest absolute Gasteiger partial charge is 0.264 e. The van der Waals surface area contributed by atoms with Crippen molar-refractivity contribution in [3.8, 4) is 5.75 Å². The summed E-state index contributed by atoms with van der Waals surface area (Å²) >= 11 is 6.43. The fraction of sp³-hybridized carbons (Fsp3) is 0.585. The van der Waals surface area contributed by atoms with Gasteiger partial charge in [-0.05, 0) is 118 Å². The molecule has 2 N–H and O–H groups in total. The standard InChI is InChI=1S/C41H57ClN2O7S2/c1-4-7-10-14-38(45)35-18-15-32(35)27-44-28-41(22-11-12-30-25-33(42)17-19-36(30)41)29-51-39-20-16-31(26-37(39)44)40(46)43-53(49,50)34(13-8-5-2)21-24-52(47,48)23-9-6-3/h5,10,14,16-17,19-20,25-26,32,34-35,38,45H,2,4,6-9,11-13,15,18,21-24,27-29H2,1,3H3,(H,43,46)/b14-10+/t32-,34-,35+,38-,41-/m0/s1. The summed E-state index contributed by atoms with van der Waals surface area (Å²) in [5, 5.41) is 10.7. The minimum Gasteiger partial charge on any atom is -0.490 e. The third-order valence-electron chi connectivity index (χ3n) is 11.4. The summed E-state index contributed by atoms with van der Waals surface area (Å²) in [4.78, 5) is 16.0.